The Balaban J connectivity index is 2.19. The fourth-order valence-electron chi connectivity index (χ4n) is 3.24. The first-order valence-electron chi connectivity index (χ1n) is 8.36. The van der Waals surface area contributed by atoms with Gasteiger partial charge in [-0.05, 0) is 20.3 Å². The molecular weight excluding hydrogens is 377 g/mol. The van der Waals surface area contributed by atoms with E-state index < -0.39 is 54.6 Å². The predicted molar refractivity (Wildman–Crippen MR) is 84.6 cm³/mol. The fourth-order valence-corrected chi connectivity index (χ4v) is 3.24. The molecule has 11 heteroatoms. The molecule has 2 heterocycles. The van der Waals surface area contributed by atoms with Crippen LogP contribution < -0.4 is 5.32 Å². The van der Waals surface area contributed by atoms with Gasteiger partial charge < -0.3 is 10.1 Å². The van der Waals surface area contributed by atoms with E-state index in [-0.39, 0.29) is 19.6 Å². The van der Waals surface area contributed by atoms with E-state index >= 15 is 0 Å². The van der Waals surface area contributed by atoms with Crippen LogP contribution in [0.25, 0.3) is 0 Å². The smallest absolute Gasteiger partial charge is 0.461 e. The molecular formula is C16H22F5N3O3. The Labute approximate surface area is 153 Å². The number of rotatable bonds is 6. The summed E-state index contributed by atoms with van der Waals surface area (Å²) in [5, 5.41) is 3.51. The summed E-state index contributed by atoms with van der Waals surface area (Å²) in [5.41, 5.74) is -1.14. The molecule has 2 aliphatic heterocycles. The van der Waals surface area contributed by atoms with Crippen LogP contribution in [0.1, 0.15) is 20.3 Å². The third-order valence-corrected chi connectivity index (χ3v) is 4.74. The van der Waals surface area contributed by atoms with Gasteiger partial charge in [-0.15, -0.1) is 0 Å². The molecule has 2 rings (SSSR count). The fraction of sp³-hybridized carbons (Fsp3) is 0.750. The average molecular weight is 399 g/mol. The van der Waals surface area contributed by atoms with Crippen LogP contribution in [0.15, 0.2) is 12.7 Å². The van der Waals surface area contributed by atoms with Crippen molar-refractivity contribution in [2.45, 2.75) is 44.5 Å². The maximum atomic E-state index is 14.2. The molecule has 154 valence electrons. The van der Waals surface area contributed by atoms with Gasteiger partial charge in [0.1, 0.15) is 12.6 Å². The molecule has 1 N–H and O–H groups in total. The third kappa shape index (κ3) is 4.40. The average Bonchev–Trinajstić information content (AvgIpc) is 3.06. The summed E-state index contributed by atoms with van der Waals surface area (Å²) in [5.74, 6) is -6.15. The van der Waals surface area contributed by atoms with Gasteiger partial charge in [-0.3, -0.25) is 14.6 Å². The zero-order chi connectivity index (χ0) is 20.6. The van der Waals surface area contributed by atoms with Crippen LogP contribution in [-0.4, -0.2) is 72.3 Å². The van der Waals surface area contributed by atoms with Gasteiger partial charge in [0.2, 0.25) is 0 Å². The van der Waals surface area contributed by atoms with Crippen molar-refractivity contribution in [3.05, 3.63) is 12.7 Å². The predicted octanol–water partition coefficient (Wildman–Crippen LogP) is 1.73. The summed E-state index contributed by atoms with van der Waals surface area (Å²) < 4.78 is 72.0. The number of nitrogens with one attached hydrogen (secondary N) is 1. The molecule has 0 aromatic carbocycles. The highest BCUT2D eigenvalue weighted by molar-refractivity contribution is 5.82. The quantitative estimate of drug-likeness (QED) is 0.419. The van der Waals surface area contributed by atoms with Crippen LogP contribution in [0, 0.1) is 5.41 Å². The number of ether oxygens (including phenoxy) is 1. The van der Waals surface area contributed by atoms with Gasteiger partial charge in [-0.2, -0.15) is 13.2 Å². The zero-order valence-corrected chi connectivity index (χ0v) is 15.0. The van der Waals surface area contributed by atoms with Gasteiger partial charge >= 0.3 is 18.1 Å². The number of hydrogen-bond donors (Lipinski definition) is 1. The SMILES string of the molecule is C=CCOC(=O)C(C)(C)CCN1[C@H]2[C@@H](CN1C(=O)C(F)(F)F)NCC2(F)F. The van der Waals surface area contributed by atoms with E-state index in [1.807, 2.05) is 0 Å². The summed E-state index contributed by atoms with van der Waals surface area (Å²) >= 11 is 0. The number of hydrogen-bond acceptors (Lipinski definition) is 5. The Morgan fingerprint density at radius 2 is 1.96 bits per heavy atom. The Hall–Kier alpha value is -1.75. The Kier molecular flexibility index (Phi) is 5.86. The minimum atomic E-state index is -5.19. The van der Waals surface area contributed by atoms with Crippen molar-refractivity contribution in [3.8, 4) is 0 Å². The molecule has 0 bridgehead atoms. The highest BCUT2D eigenvalue weighted by Crippen LogP contribution is 2.38. The molecule has 2 saturated heterocycles. The van der Waals surface area contributed by atoms with Crippen molar-refractivity contribution in [1.29, 1.82) is 0 Å². The van der Waals surface area contributed by atoms with Gasteiger partial charge in [-0.1, -0.05) is 12.7 Å². The minimum absolute atomic E-state index is 0.0443. The molecule has 0 spiro atoms. The first-order valence-corrected chi connectivity index (χ1v) is 8.36. The molecule has 2 atom stereocenters. The number of alkyl halides is 5. The van der Waals surface area contributed by atoms with Crippen LogP contribution in [0.5, 0.6) is 0 Å². The van der Waals surface area contributed by atoms with Crippen molar-refractivity contribution >= 4 is 11.9 Å². The van der Waals surface area contributed by atoms with Crippen molar-refractivity contribution in [3.63, 3.8) is 0 Å². The second-order valence-corrected chi connectivity index (χ2v) is 7.26. The van der Waals surface area contributed by atoms with Crippen molar-refractivity contribution in [1.82, 2.24) is 15.3 Å². The van der Waals surface area contributed by atoms with E-state index in [1.165, 1.54) is 19.9 Å². The Bertz CT molecular complexity index is 609. The van der Waals surface area contributed by atoms with E-state index in [4.69, 9.17) is 4.74 Å². The van der Waals surface area contributed by atoms with Crippen molar-refractivity contribution in [2.24, 2.45) is 5.41 Å². The number of amides is 1. The normalized spacial score (nSPS) is 25.4. The van der Waals surface area contributed by atoms with Gasteiger partial charge in [0.25, 0.3) is 5.92 Å². The number of carbonyl (C=O) groups excluding carboxylic acids is 2. The summed E-state index contributed by atoms with van der Waals surface area (Å²) in [6, 6.07) is -2.58. The van der Waals surface area contributed by atoms with Gasteiger partial charge in [0.05, 0.1) is 18.5 Å². The summed E-state index contributed by atoms with van der Waals surface area (Å²) in [4.78, 5) is 23.8. The Morgan fingerprint density at radius 1 is 1.33 bits per heavy atom. The lowest BCUT2D eigenvalue weighted by atomic mass is 9.89. The molecule has 0 aromatic heterocycles. The lowest BCUT2D eigenvalue weighted by Gasteiger charge is -2.36. The van der Waals surface area contributed by atoms with Crippen LogP contribution >= 0.6 is 0 Å². The molecule has 0 unspecified atom stereocenters. The number of nitrogens with zero attached hydrogens (tertiary/aromatic N) is 2. The van der Waals surface area contributed by atoms with E-state index in [0.29, 0.717) is 5.01 Å². The minimum Gasteiger partial charge on any atom is -0.461 e. The first kappa shape index (κ1) is 21.5. The summed E-state index contributed by atoms with van der Waals surface area (Å²) in [6.07, 6.45) is -3.91. The highest BCUT2D eigenvalue weighted by Gasteiger charge is 2.61. The summed E-state index contributed by atoms with van der Waals surface area (Å²) in [7, 11) is 0. The maximum Gasteiger partial charge on any atom is 0.472 e. The number of fused-ring (bicyclic) bond motifs is 1. The topological polar surface area (TPSA) is 61.9 Å². The van der Waals surface area contributed by atoms with Gasteiger partial charge in [-0.25, -0.2) is 13.8 Å². The Morgan fingerprint density at radius 3 is 2.52 bits per heavy atom. The van der Waals surface area contributed by atoms with Crippen molar-refractivity contribution in [2.75, 3.05) is 26.2 Å². The molecule has 27 heavy (non-hydrogen) atoms. The molecule has 1 amide bonds. The van der Waals surface area contributed by atoms with Crippen LogP contribution in [0.3, 0.4) is 0 Å². The maximum absolute atomic E-state index is 14.2. The van der Waals surface area contributed by atoms with E-state index in [1.54, 1.807) is 0 Å². The van der Waals surface area contributed by atoms with E-state index in [0.717, 1.165) is 5.01 Å². The molecule has 6 nitrogen and oxygen atoms in total. The zero-order valence-electron chi connectivity index (χ0n) is 15.0. The van der Waals surface area contributed by atoms with Gasteiger partial charge in [0.15, 0.2) is 0 Å². The number of halogens is 5. The number of hydrazine groups is 1. The summed E-state index contributed by atoms with van der Waals surface area (Å²) in [6.45, 7) is 4.81. The number of esters is 1. The van der Waals surface area contributed by atoms with E-state index in [2.05, 4.69) is 11.9 Å². The largest absolute Gasteiger partial charge is 0.472 e. The second-order valence-electron chi connectivity index (χ2n) is 7.26. The monoisotopic (exact) mass is 399 g/mol. The molecule has 0 aromatic rings. The van der Waals surface area contributed by atoms with Gasteiger partial charge in [0, 0.05) is 12.6 Å². The molecule has 2 aliphatic rings. The molecule has 0 radical (unpaired) electrons. The first-order chi connectivity index (χ1) is 12.3. The lowest BCUT2D eigenvalue weighted by molar-refractivity contribution is -0.204. The van der Waals surface area contributed by atoms with Crippen LogP contribution in [0.2, 0.25) is 0 Å². The lowest BCUT2D eigenvalue weighted by Crippen LogP contribution is -2.55. The van der Waals surface area contributed by atoms with Crippen LogP contribution in [-0.2, 0) is 14.3 Å². The third-order valence-electron chi connectivity index (χ3n) is 4.74. The molecule has 0 aliphatic carbocycles. The molecule has 2 fully saturated rings. The van der Waals surface area contributed by atoms with Crippen LogP contribution in [0.4, 0.5) is 22.0 Å². The standard InChI is InChI=1S/C16H22F5N3O3/c1-4-7-27-13(26)14(2,3)5-6-23-11-10(22-9-15(11,17)18)8-24(23)12(25)16(19,20)21/h4,10-11,22H,1,5-9H2,2-3H3/t10-,11+/m1/s1. The van der Waals surface area contributed by atoms with Crippen molar-refractivity contribution < 1.29 is 36.3 Å². The number of carbonyl (C=O) groups is 2. The highest BCUT2D eigenvalue weighted by atomic mass is 19.4. The molecule has 0 saturated carbocycles. The van der Waals surface area contributed by atoms with E-state index in [9.17, 15) is 31.5 Å². The second kappa shape index (κ2) is 7.34.